The van der Waals surface area contributed by atoms with E-state index < -0.39 is 0 Å². The topological polar surface area (TPSA) is 46.3 Å². The lowest BCUT2D eigenvalue weighted by Crippen LogP contribution is -2.20. The molecule has 2 N–H and O–H groups in total. The van der Waals surface area contributed by atoms with Crippen LogP contribution in [0.25, 0.3) is 0 Å². The third kappa shape index (κ3) is 2.29. The van der Waals surface area contributed by atoms with Crippen molar-refractivity contribution in [1.82, 2.24) is 0 Å². The van der Waals surface area contributed by atoms with Gasteiger partial charge in [0.1, 0.15) is 5.00 Å². The smallest absolute Gasteiger partial charge is 0.178 e. The zero-order chi connectivity index (χ0) is 14.6. The van der Waals surface area contributed by atoms with Crippen LogP contribution in [0.3, 0.4) is 0 Å². The zero-order valence-electron chi connectivity index (χ0n) is 12.4. The molecule has 0 radical (unpaired) electrons. The van der Waals surface area contributed by atoms with Crippen LogP contribution in [0, 0.1) is 17.8 Å². The number of rotatable bonds is 4. The number of thioether (sulfide) groups is 1. The fourth-order valence-electron chi connectivity index (χ4n) is 3.94. The summed E-state index contributed by atoms with van der Waals surface area (Å²) in [6.07, 6.45) is 8.33. The molecule has 4 rings (SSSR count). The number of Topliss-reactive ketones (excluding diaryl/α,β-unsaturated/α-hetero) is 1. The van der Waals surface area contributed by atoms with Gasteiger partial charge in [-0.3, -0.25) is 4.79 Å². The Kier molecular flexibility index (Phi) is 3.45. The molecule has 2 saturated carbocycles. The number of hydrogen-bond acceptors (Lipinski definition) is 5. The van der Waals surface area contributed by atoms with E-state index in [2.05, 4.69) is 11.2 Å². The van der Waals surface area contributed by atoms with Crippen LogP contribution >= 0.6 is 23.1 Å². The van der Waals surface area contributed by atoms with Gasteiger partial charge < -0.3 is 10.6 Å². The molecule has 0 spiro atoms. The van der Waals surface area contributed by atoms with Gasteiger partial charge in [-0.05, 0) is 43.8 Å². The molecule has 0 bridgehead atoms. The first-order valence-corrected chi connectivity index (χ1v) is 9.98. The van der Waals surface area contributed by atoms with E-state index in [1.807, 2.05) is 0 Å². The third-order valence-electron chi connectivity index (χ3n) is 5.27. The van der Waals surface area contributed by atoms with Crippen molar-refractivity contribution < 1.29 is 4.79 Å². The molecule has 2 atom stereocenters. The molecule has 1 saturated heterocycles. The molecule has 0 amide bonds. The van der Waals surface area contributed by atoms with E-state index in [1.54, 1.807) is 23.1 Å². The second kappa shape index (κ2) is 5.20. The standard InChI is InChI=1S/C16H22N2OS2/c1-20-15-12(17)14(13(19)9-5-6-9)21-16(15)18-7-10-3-2-4-11(10)8-18/h9-11H,2-8,17H2,1H3. The average Bonchev–Trinajstić information content (AvgIpc) is 2.96. The average molecular weight is 322 g/mol. The Labute approximate surface area is 134 Å². The summed E-state index contributed by atoms with van der Waals surface area (Å²) >= 11 is 3.35. The minimum absolute atomic E-state index is 0.256. The Morgan fingerprint density at radius 3 is 2.48 bits per heavy atom. The molecule has 1 aromatic heterocycles. The number of fused-ring (bicyclic) bond motifs is 1. The highest BCUT2D eigenvalue weighted by atomic mass is 32.2. The normalized spacial score (nSPS) is 28.1. The lowest BCUT2D eigenvalue weighted by molar-refractivity contribution is 0.0972. The second-order valence-electron chi connectivity index (χ2n) is 6.68. The molecule has 2 aliphatic carbocycles. The minimum atomic E-state index is 0.256. The van der Waals surface area contributed by atoms with Crippen molar-refractivity contribution in [3.63, 3.8) is 0 Å². The van der Waals surface area contributed by atoms with Gasteiger partial charge in [-0.1, -0.05) is 6.42 Å². The van der Waals surface area contributed by atoms with Gasteiger partial charge in [0.2, 0.25) is 0 Å². The van der Waals surface area contributed by atoms with Gasteiger partial charge in [0.05, 0.1) is 15.5 Å². The van der Waals surface area contributed by atoms with Gasteiger partial charge in [0.25, 0.3) is 0 Å². The van der Waals surface area contributed by atoms with E-state index in [1.165, 1.54) is 24.3 Å². The summed E-state index contributed by atoms with van der Waals surface area (Å²) in [6, 6.07) is 0. The Bertz CT molecular complexity index is 567. The fourth-order valence-corrected chi connectivity index (χ4v) is 6.16. The molecule has 1 aromatic rings. The lowest BCUT2D eigenvalue weighted by Gasteiger charge is -2.19. The maximum atomic E-state index is 12.4. The maximum absolute atomic E-state index is 12.4. The van der Waals surface area contributed by atoms with E-state index in [9.17, 15) is 4.79 Å². The maximum Gasteiger partial charge on any atom is 0.178 e. The first kappa shape index (κ1) is 13.9. The van der Waals surface area contributed by atoms with Gasteiger partial charge in [-0.25, -0.2) is 0 Å². The van der Waals surface area contributed by atoms with Crippen LogP contribution in [0.4, 0.5) is 10.7 Å². The Hall–Kier alpha value is -0.680. The summed E-state index contributed by atoms with van der Waals surface area (Å²) in [5.74, 6) is 2.28. The number of nitrogen functional groups attached to an aromatic ring is 1. The Morgan fingerprint density at radius 2 is 1.90 bits per heavy atom. The van der Waals surface area contributed by atoms with Crippen LogP contribution in [0.2, 0.25) is 0 Å². The predicted octanol–water partition coefficient (Wildman–Crippen LogP) is 3.88. The summed E-state index contributed by atoms with van der Waals surface area (Å²) < 4.78 is 0. The number of thiophene rings is 1. The third-order valence-corrected chi connectivity index (χ3v) is 7.50. The van der Waals surface area contributed by atoms with Crippen molar-refractivity contribution in [1.29, 1.82) is 0 Å². The summed E-state index contributed by atoms with van der Waals surface area (Å²) in [4.78, 5) is 16.9. The predicted molar refractivity (Wildman–Crippen MR) is 90.6 cm³/mol. The van der Waals surface area contributed by atoms with Gasteiger partial charge in [-0.15, -0.1) is 23.1 Å². The van der Waals surface area contributed by atoms with E-state index in [0.717, 1.165) is 53.2 Å². The number of nitrogens with zero attached hydrogens (tertiary/aromatic N) is 1. The van der Waals surface area contributed by atoms with Gasteiger partial charge in [0, 0.05) is 19.0 Å². The monoisotopic (exact) mass is 322 g/mol. The molecular weight excluding hydrogens is 300 g/mol. The zero-order valence-corrected chi connectivity index (χ0v) is 14.1. The first-order valence-electron chi connectivity index (χ1n) is 7.94. The minimum Gasteiger partial charge on any atom is -0.396 e. The molecule has 3 nitrogen and oxygen atoms in total. The number of hydrogen-bond donors (Lipinski definition) is 1. The summed E-state index contributed by atoms with van der Waals surface area (Å²) in [5.41, 5.74) is 7.05. The van der Waals surface area contributed by atoms with Crippen molar-refractivity contribution in [3.8, 4) is 0 Å². The van der Waals surface area contributed by atoms with E-state index in [-0.39, 0.29) is 5.92 Å². The first-order chi connectivity index (χ1) is 10.2. The lowest BCUT2D eigenvalue weighted by atomic mass is 10.0. The number of anilines is 2. The van der Waals surface area contributed by atoms with Crippen molar-refractivity contribution in [2.45, 2.75) is 37.0 Å². The summed E-state index contributed by atoms with van der Waals surface area (Å²) in [7, 11) is 0. The highest BCUT2D eigenvalue weighted by Gasteiger charge is 2.39. The second-order valence-corrected chi connectivity index (χ2v) is 8.49. The molecule has 114 valence electrons. The highest BCUT2D eigenvalue weighted by molar-refractivity contribution is 7.99. The van der Waals surface area contributed by atoms with Crippen LogP contribution in [0.1, 0.15) is 41.8 Å². The van der Waals surface area contributed by atoms with Crippen LogP contribution in [-0.4, -0.2) is 25.1 Å². The molecule has 2 unspecified atom stereocenters. The van der Waals surface area contributed by atoms with Crippen LogP contribution in [-0.2, 0) is 0 Å². The number of carbonyl (C=O) groups is 1. The van der Waals surface area contributed by atoms with Crippen LogP contribution < -0.4 is 10.6 Å². The Morgan fingerprint density at radius 1 is 1.24 bits per heavy atom. The largest absolute Gasteiger partial charge is 0.396 e. The summed E-state index contributed by atoms with van der Waals surface area (Å²) in [5, 5.41) is 1.26. The number of carbonyl (C=O) groups excluding carboxylic acids is 1. The molecule has 21 heavy (non-hydrogen) atoms. The van der Waals surface area contributed by atoms with E-state index in [4.69, 9.17) is 5.73 Å². The van der Waals surface area contributed by atoms with Crippen molar-refractivity contribution >= 4 is 39.6 Å². The molecule has 3 aliphatic rings. The molecule has 0 aromatic carbocycles. The summed E-state index contributed by atoms with van der Waals surface area (Å²) in [6.45, 7) is 2.32. The molecule has 2 heterocycles. The number of nitrogens with two attached hydrogens (primary N) is 1. The Balaban J connectivity index is 1.65. The quantitative estimate of drug-likeness (QED) is 0.675. The van der Waals surface area contributed by atoms with Crippen LogP contribution in [0.15, 0.2) is 4.90 Å². The molecule has 1 aliphatic heterocycles. The van der Waals surface area contributed by atoms with Gasteiger partial charge in [0.15, 0.2) is 5.78 Å². The molecule has 3 fully saturated rings. The van der Waals surface area contributed by atoms with E-state index in [0.29, 0.717) is 5.78 Å². The molecular formula is C16H22N2OS2. The van der Waals surface area contributed by atoms with Gasteiger partial charge >= 0.3 is 0 Å². The van der Waals surface area contributed by atoms with Crippen molar-refractivity contribution in [3.05, 3.63) is 4.88 Å². The SMILES string of the molecule is CSc1c(N2CC3CCCC3C2)sc(C(=O)C2CC2)c1N. The van der Waals surface area contributed by atoms with Crippen LogP contribution in [0.5, 0.6) is 0 Å². The number of ketones is 1. The van der Waals surface area contributed by atoms with Crippen molar-refractivity contribution in [2.75, 3.05) is 30.0 Å². The molecule has 5 heteroatoms. The van der Waals surface area contributed by atoms with Crippen molar-refractivity contribution in [2.24, 2.45) is 17.8 Å². The highest BCUT2D eigenvalue weighted by Crippen LogP contribution is 2.49. The van der Waals surface area contributed by atoms with E-state index >= 15 is 0 Å². The fraction of sp³-hybridized carbons (Fsp3) is 0.688. The van der Waals surface area contributed by atoms with Gasteiger partial charge in [-0.2, -0.15) is 0 Å².